The molecular formula is C18H21ClFN3OS. The lowest BCUT2D eigenvalue weighted by Gasteiger charge is -2.38. The van der Waals surface area contributed by atoms with Gasteiger partial charge in [0.05, 0.1) is 16.6 Å². The lowest BCUT2D eigenvalue weighted by Crippen LogP contribution is -2.48. The number of hydrogen-bond donors (Lipinski definition) is 1. The first-order valence-corrected chi connectivity index (χ1v) is 9.55. The Bertz CT molecular complexity index is 697. The normalized spacial score (nSPS) is 17.4. The number of nitrogens with zero attached hydrogens (tertiary/aromatic N) is 2. The van der Waals surface area contributed by atoms with Crippen molar-refractivity contribution in [1.82, 2.24) is 15.1 Å². The summed E-state index contributed by atoms with van der Waals surface area (Å²) in [7, 11) is 2.11. The van der Waals surface area contributed by atoms with Crippen LogP contribution in [-0.2, 0) is 0 Å². The van der Waals surface area contributed by atoms with E-state index in [1.54, 1.807) is 11.3 Å². The highest BCUT2D eigenvalue weighted by Gasteiger charge is 2.25. The van der Waals surface area contributed by atoms with Gasteiger partial charge in [0.15, 0.2) is 0 Å². The van der Waals surface area contributed by atoms with Crippen molar-refractivity contribution < 1.29 is 9.18 Å². The Morgan fingerprint density at radius 2 is 2.08 bits per heavy atom. The Balaban J connectivity index is 1.72. The SMILES string of the molecule is CN1CCN([C@H](CNC(=O)c2c(F)cccc2Cl)c2ccsc2)CC1. The summed E-state index contributed by atoms with van der Waals surface area (Å²) in [6, 6.07) is 6.42. The van der Waals surface area contributed by atoms with Crippen molar-refractivity contribution in [2.45, 2.75) is 6.04 Å². The number of carbonyl (C=O) groups is 1. The number of halogens is 2. The Morgan fingerprint density at radius 1 is 1.32 bits per heavy atom. The van der Waals surface area contributed by atoms with Crippen molar-refractivity contribution in [2.24, 2.45) is 0 Å². The molecule has 1 aliphatic heterocycles. The zero-order valence-corrected chi connectivity index (χ0v) is 15.6. The van der Waals surface area contributed by atoms with Gasteiger partial charge in [-0.2, -0.15) is 11.3 Å². The predicted octanol–water partition coefficient (Wildman–Crippen LogP) is 3.26. The number of piperazine rings is 1. The lowest BCUT2D eigenvalue weighted by atomic mass is 10.1. The largest absolute Gasteiger partial charge is 0.350 e. The second kappa shape index (κ2) is 8.27. The van der Waals surface area contributed by atoms with Crippen LogP contribution in [-0.4, -0.2) is 55.5 Å². The molecule has 1 amide bonds. The fourth-order valence-corrected chi connectivity index (χ4v) is 4.00. The maximum Gasteiger partial charge on any atom is 0.255 e. The van der Waals surface area contributed by atoms with Crippen LogP contribution in [0.5, 0.6) is 0 Å². The minimum Gasteiger partial charge on any atom is -0.350 e. The van der Waals surface area contributed by atoms with Gasteiger partial charge in [-0.05, 0) is 41.6 Å². The van der Waals surface area contributed by atoms with E-state index in [0.29, 0.717) is 6.54 Å². The highest BCUT2D eigenvalue weighted by atomic mass is 35.5. The molecule has 4 nitrogen and oxygen atoms in total. The quantitative estimate of drug-likeness (QED) is 0.863. The smallest absolute Gasteiger partial charge is 0.255 e. The second-order valence-corrected chi connectivity index (χ2v) is 7.41. The van der Waals surface area contributed by atoms with E-state index in [0.717, 1.165) is 26.2 Å². The summed E-state index contributed by atoms with van der Waals surface area (Å²) in [6.07, 6.45) is 0. The van der Waals surface area contributed by atoms with Crippen LogP contribution in [0.3, 0.4) is 0 Å². The van der Waals surface area contributed by atoms with Gasteiger partial charge in [-0.3, -0.25) is 9.69 Å². The molecule has 1 fully saturated rings. The number of amides is 1. The Morgan fingerprint density at radius 3 is 2.72 bits per heavy atom. The molecule has 1 N–H and O–H groups in total. The summed E-state index contributed by atoms with van der Waals surface area (Å²) in [5, 5.41) is 7.13. The van der Waals surface area contributed by atoms with E-state index >= 15 is 0 Å². The van der Waals surface area contributed by atoms with Gasteiger partial charge in [-0.25, -0.2) is 4.39 Å². The molecule has 1 aromatic carbocycles. The third-order valence-corrected chi connectivity index (χ3v) is 5.57. The van der Waals surface area contributed by atoms with Crippen molar-refractivity contribution >= 4 is 28.8 Å². The Kier molecular flexibility index (Phi) is 6.06. The summed E-state index contributed by atoms with van der Waals surface area (Å²) in [6.45, 7) is 4.28. The van der Waals surface area contributed by atoms with Crippen LogP contribution >= 0.6 is 22.9 Å². The molecule has 1 aromatic heterocycles. The van der Waals surface area contributed by atoms with Gasteiger partial charge in [0.1, 0.15) is 5.82 Å². The first-order chi connectivity index (χ1) is 12.1. The van der Waals surface area contributed by atoms with E-state index in [4.69, 9.17) is 11.6 Å². The number of thiophene rings is 1. The Hall–Kier alpha value is -1.47. The van der Waals surface area contributed by atoms with Gasteiger partial charge in [0.25, 0.3) is 5.91 Å². The molecule has 2 heterocycles. The monoisotopic (exact) mass is 381 g/mol. The van der Waals surface area contributed by atoms with Crippen molar-refractivity contribution in [1.29, 1.82) is 0 Å². The molecule has 1 aliphatic rings. The van der Waals surface area contributed by atoms with Crippen molar-refractivity contribution in [3.63, 3.8) is 0 Å². The average molecular weight is 382 g/mol. The predicted molar refractivity (Wildman–Crippen MR) is 99.9 cm³/mol. The number of carbonyl (C=O) groups excluding carboxylic acids is 1. The number of nitrogens with one attached hydrogen (secondary N) is 1. The van der Waals surface area contributed by atoms with Gasteiger partial charge in [-0.15, -0.1) is 0 Å². The average Bonchev–Trinajstić information content (AvgIpc) is 3.11. The van der Waals surface area contributed by atoms with Gasteiger partial charge >= 0.3 is 0 Å². The molecule has 0 bridgehead atoms. The highest BCUT2D eigenvalue weighted by Crippen LogP contribution is 2.24. The topological polar surface area (TPSA) is 35.6 Å². The minimum absolute atomic E-state index is 0.0782. The van der Waals surface area contributed by atoms with E-state index < -0.39 is 11.7 Å². The molecule has 2 aromatic rings. The zero-order chi connectivity index (χ0) is 17.8. The summed E-state index contributed by atoms with van der Waals surface area (Å²) in [4.78, 5) is 17.1. The van der Waals surface area contributed by atoms with Gasteiger partial charge < -0.3 is 10.2 Å². The minimum atomic E-state index is -0.600. The number of benzene rings is 1. The number of rotatable bonds is 5. The lowest BCUT2D eigenvalue weighted by molar-refractivity contribution is 0.0883. The third-order valence-electron chi connectivity index (χ3n) is 4.55. The maximum absolute atomic E-state index is 13.9. The van der Waals surface area contributed by atoms with Crippen LogP contribution in [0.25, 0.3) is 0 Å². The van der Waals surface area contributed by atoms with Crippen molar-refractivity contribution in [3.8, 4) is 0 Å². The van der Waals surface area contributed by atoms with Crippen LogP contribution in [0.15, 0.2) is 35.0 Å². The number of likely N-dealkylation sites (N-methyl/N-ethyl adjacent to an activating group) is 1. The fraction of sp³-hybridized carbons (Fsp3) is 0.389. The molecule has 0 radical (unpaired) electrons. The Labute approximate surface area is 156 Å². The standard InChI is InChI=1S/C18H21ClFN3OS/c1-22-6-8-23(9-7-22)16(13-5-10-25-12-13)11-21-18(24)17-14(19)3-2-4-15(17)20/h2-5,10,12,16H,6-9,11H2,1H3,(H,21,24)/t16-/m1/s1. The summed E-state index contributed by atoms with van der Waals surface area (Å²) >= 11 is 7.63. The first kappa shape index (κ1) is 18.3. The molecule has 0 saturated carbocycles. The highest BCUT2D eigenvalue weighted by molar-refractivity contribution is 7.07. The first-order valence-electron chi connectivity index (χ1n) is 8.23. The molecule has 0 spiro atoms. The molecule has 0 unspecified atom stereocenters. The molecule has 25 heavy (non-hydrogen) atoms. The third kappa shape index (κ3) is 4.39. The van der Waals surface area contributed by atoms with Crippen LogP contribution < -0.4 is 5.32 Å². The summed E-state index contributed by atoms with van der Waals surface area (Å²) in [5.74, 6) is -1.07. The van der Waals surface area contributed by atoms with Crippen LogP contribution in [0, 0.1) is 5.82 Å². The van der Waals surface area contributed by atoms with Crippen LogP contribution in [0.2, 0.25) is 5.02 Å². The summed E-state index contributed by atoms with van der Waals surface area (Å²) in [5.41, 5.74) is 1.08. The summed E-state index contributed by atoms with van der Waals surface area (Å²) < 4.78 is 13.9. The van der Waals surface area contributed by atoms with Gasteiger partial charge in [0.2, 0.25) is 0 Å². The molecule has 134 valence electrons. The van der Waals surface area contributed by atoms with E-state index in [-0.39, 0.29) is 16.6 Å². The van der Waals surface area contributed by atoms with E-state index in [9.17, 15) is 9.18 Å². The van der Waals surface area contributed by atoms with Gasteiger partial charge in [0, 0.05) is 32.7 Å². The number of hydrogen-bond acceptors (Lipinski definition) is 4. The maximum atomic E-state index is 13.9. The molecule has 0 aliphatic carbocycles. The van der Waals surface area contributed by atoms with Gasteiger partial charge in [-0.1, -0.05) is 17.7 Å². The van der Waals surface area contributed by atoms with Crippen molar-refractivity contribution in [3.05, 3.63) is 57.0 Å². The zero-order valence-electron chi connectivity index (χ0n) is 14.0. The van der Waals surface area contributed by atoms with E-state index in [1.807, 2.05) is 5.38 Å². The molecule has 1 saturated heterocycles. The molecule has 3 rings (SSSR count). The van der Waals surface area contributed by atoms with E-state index in [2.05, 4.69) is 33.6 Å². The van der Waals surface area contributed by atoms with Crippen LogP contribution in [0.1, 0.15) is 22.0 Å². The molecular weight excluding hydrogens is 361 g/mol. The fourth-order valence-electron chi connectivity index (χ4n) is 3.05. The second-order valence-electron chi connectivity index (χ2n) is 6.22. The molecule has 7 heteroatoms. The van der Waals surface area contributed by atoms with E-state index in [1.165, 1.54) is 23.8 Å². The van der Waals surface area contributed by atoms with Crippen molar-refractivity contribution in [2.75, 3.05) is 39.8 Å². The van der Waals surface area contributed by atoms with Crippen LogP contribution in [0.4, 0.5) is 4.39 Å². The molecule has 1 atom stereocenters.